The fraction of sp³-hybridized carbons (Fsp3) is 0.333. The number of likely N-dealkylation sites (tertiary alicyclic amines) is 1. The van der Waals surface area contributed by atoms with E-state index in [9.17, 15) is 9.59 Å². The number of rotatable bonds is 3. The van der Waals surface area contributed by atoms with E-state index in [-0.39, 0.29) is 11.8 Å². The van der Waals surface area contributed by atoms with Crippen molar-refractivity contribution < 1.29 is 9.59 Å². The van der Waals surface area contributed by atoms with Crippen molar-refractivity contribution in [2.75, 3.05) is 18.0 Å². The van der Waals surface area contributed by atoms with Crippen LogP contribution in [-0.4, -0.2) is 29.8 Å². The van der Waals surface area contributed by atoms with Crippen LogP contribution in [0.1, 0.15) is 36.5 Å². The standard InChI is InChI=1S/C24H25ClN2O2/c1-15-5-4-10-26(14-15)22-21(18-6-8-19(25)9-7-18)23(28)27(24(22)29)20-12-16(2)11-17(3)13-20/h6-9,11-13,15H,4-5,10,14H2,1-3H3. The Hall–Kier alpha value is -2.59. The number of aryl methyl sites for hydroxylation is 2. The maximum atomic E-state index is 13.6. The molecule has 0 aromatic heterocycles. The first kappa shape index (κ1) is 19.7. The third-order valence-electron chi connectivity index (χ3n) is 5.63. The number of anilines is 1. The molecule has 29 heavy (non-hydrogen) atoms. The molecule has 1 fully saturated rings. The van der Waals surface area contributed by atoms with Gasteiger partial charge in [0, 0.05) is 18.1 Å². The summed E-state index contributed by atoms with van der Waals surface area (Å²) in [4.78, 5) is 30.6. The van der Waals surface area contributed by atoms with Crippen LogP contribution in [0.4, 0.5) is 5.69 Å². The third kappa shape index (κ3) is 3.69. The Balaban J connectivity index is 1.84. The van der Waals surface area contributed by atoms with Gasteiger partial charge in [-0.05, 0) is 73.6 Å². The number of piperidine rings is 1. The zero-order valence-corrected chi connectivity index (χ0v) is 17.8. The molecule has 2 amide bonds. The van der Waals surface area contributed by atoms with E-state index >= 15 is 0 Å². The quantitative estimate of drug-likeness (QED) is 0.673. The molecule has 0 spiro atoms. The monoisotopic (exact) mass is 408 g/mol. The molecule has 4 nitrogen and oxygen atoms in total. The molecule has 1 saturated heterocycles. The lowest BCUT2D eigenvalue weighted by Crippen LogP contribution is -2.39. The van der Waals surface area contributed by atoms with Crippen LogP contribution in [-0.2, 0) is 9.59 Å². The zero-order valence-electron chi connectivity index (χ0n) is 17.0. The Labute approximate surface area is 176 Å². The summed E-state index contributed by atoms with van der Waals surface area (Å²) in [6, 6.07) is 13.0. The maximum absolute atomic E-state index is 13.6. The average molecular weight is 409 g/mol. The summed E-state index contributed by atoms with van der Waals surface area (Å²) in [7, 11) is 0. The molecular weight excluding hydrogens is 384 g/mol. The van der Waals surface area contributed by atoms with Gasteiger partial charge in [0.05, 0.1) is 11.3 Å². The van der Waals surface area contributed by atoms with Gasteiger partial charge in [-0.3, -0.25) is 9.59 Å². The highest BCUT2D eigenvalue weighted by atomic mass is 35.5. The first-order valence-corrected chi connectivity index (χ1v) is 10.4. The Morgan fingerprint density at radius 1 is 0.966 bits per heavy atom. The second kappa shape index (κ2) is 7.68. The summed E-state index contributed by atoms with van der Waals surface area (Å²) >= 11 is 6.06. The number of amides is 2. The number of carbonyl (C=O) groups is 2. The van der Waals surface area contributed by atoms with E-state index in [1.807, 2.05) is 44.2 Å². The molecule has 0 N–H and O–H groups in total. The van der Waals surface area contributed by atoms with Gasteiger partial charge in [0.2, 0.25) is 0 Å². The van der Waals surface area contributed by atoms with E-state index in [0.29, 0.717) is 27.9 Å². The predicted molar refractivity (Wildman–Crippen MR) is 117 cm³/mol. The molecule has 0 radical (unpaired) electrons. The Kier molecular flexibility index (Phi) is 5.22. The fourth-order valence-corrected chi connectivity index (χ4v) is 4.52. The summed E-state index contributed by atoms with van der Waals surface area (Å²) in [5, 5.41) is 0.602. The molecule has 2 aromatic rings. The van der Waals surface area contributed by atoms with Crippen molar-refractivity contribution >= 4 is 34.7 Å². The summed E-state index contributed by atoms with van der Waals surface area (Å²) in [5.41, 5.74) is 4.39. The molecule has 0 bridgehead atoms. The SMILES string of the molecule is Cc1cc(C)cc(N2C(=O)C(c3ccc(Cl)cc3)=C(N3CCCC(C)C3)C2=O)c1. The first-order chi connectivity index (χ1) is 13.8. The number of nitrogens with zero attached hydrogens (tertiary/aromatic N) is 2. The zero-order chi connectivity index (χ0) is 20.7. The van der Waals surface area contributed by atoms with Crippen LogP contribution in [0.3, 0.4) is 0 Å². The van der Waals surface area contributed by atoms with Gasteiger partial charge >= 0.3 is 0 Å². The van der Waals surface area contributed by atoms with Gasteiger partial charge in [-0.2, -0.15) is 0 Å². The smallest absolute Gasteiger partial charge is 0.282 e. The van der Waals surface area contributed by atoms with Crippen LogP contribution in [0.15, 0.2) is 48.2 Å². The van der Waals surface area contributed by atoms with Crippen LogP contribution in [0.5, 0.6) is 0 Å². The molecule has 2 aliphatic heterocycles. The van der Waals surface area contributed by atoms with Gasteiger partial charge in [0.25, 0.3) is 11.8 Å². The number of halogens is 1. The van der Waals surface area contributed by atoms with Crippen molar-refractivity contribution in [1.29, 1.82) is 0 Å². The second-order valence-corrected chi connectivity index (χ2v) is 8.65. The highest BCUT2D eigenvalue weighted by Gasteiger charge is 2.43. The topological polar surface area (TPSA) is 40.6 Å². The highest BCUT2D eigenvalue weighted by Crippen LogP contribution is 2.37. The fourth-order valence-electron chi connectivity index (χ4n) is 4.40. The van der Waals surface area contributed by atoms with Crippen molar-refractivity contribution in [3.05, 3.63) is 69.9 Å². The van der Waals surface area contributed by atoms with Crippen molar-refractivity contribution in [1.82, 2.24) is 4.90 Å². The van der Waals surface area contributed by atoms with Crippen LogP contribution in [0.25, 0.3) is 5.57 Å². The number of benzene rings is 2. The summed E-state index contributed by atoms with van der Waals surface area (Å²) in [6.45, 7) is 7.71. The maximum Gasteiger partial charge on any atom is 0.282 e. The number of hydrogen-bond acceptors (Lipinski definition) is 3. The predicted octanol–water partition coefficient (Wildman–Crippen LogP) is 4.97. The number of carbonyl (C=O) groups excluding carboxylic acids is 2. The number of imide groups is 1. The minimum atomic E-state index is -0.268. The Bertz CT molecular complexity index is 990. The summed E-state index contributed by atoms with van der Waals surface area (Å²) in [6.07, 6.45) is 2.16. The molecule has 5 heteroatoms. The van der Waals surface area contributed by atoms with Gasteiger partial charge in [0.15, 0.2) is 0 Å². The van der Waals surface area contributed by atoms with Crippen LogP contribution < -0.4 is 4.90 Å². The molecule has 4 rings (SSSR count). The lowest BCUT2D eigenvalue weighted by Gasteiger charge is -2.33. The Morgan fingerprint density at radius 3 is 2.24 bits per heavy atom. The van der Waals surface area contributed by atoms with Crippen molar-refractivity contribution in [3.63, 3.8) is 0 Å². The lowest BCUT2D eigenvalue weighted by atomic mass is 9.98. The van der Waals surface area contributed by atoms with E-state index in [2.05, 4.69) is 11.8 Å². The Morgan fingerprint density at radius 2 is 1.62 bits per heavy atom. The van der Waals surface area contributed by atoms with Gasteiger partial charge in [-0.1, -0.05) is 36.7 Å². The van der Waals surface area contributed by atoms with Crippen molar-refractivity contribution in [2.24, 2.45) is 5.92 Å². The lowest BCUT2D eigenvalue weighted by molar-refractivity contribution is -0.120. The normalized spacial score (nSPS) is 20.1. The van der Waals surface area contributed by atoms with E-state index in [4.69, 9.17) is 11.6 Å². The van der Waals surface area contributed by atoms with Gasteiger partial charge < -0.3 is 4.90 Å². The largest absolute Gasteiger partial charge is 0.366 e. The number of hydrogen-bond donors (Lipinski definition) is 0. The second-order valence-electron chi connectivity index (χ2n) is 8.22. The van der Waals surface area contributed by atoms with Crippen LogP contribution >= 0.6 is 11.6 Å². The van der Waals surface area contributed by atoms with Crippen molar-refractivity contribution in [2.45, 2.75) is 33.6 Å². The molecule has 1 atom stereocenters. The van der Waals surface area contributed by atoms with Crippen LogP contribution in [0.2, 0.25) is 5.02 Å². The third-order valence-corrected chi connectivity index (χ3v) is 5.88. The molecule has 150 valence electrons. The van der Waals surface area contributed by atoms with Gasteiger partial charge in [-0.25, -0.2) is 4.90 Å². The average Bonchev–Trinajstić information content (AvgIpc) is 2.92. The van der Waals surface area contributed by atoms with E-state index in [0.717, 1.165) is 42.6 Å². The molecule has 2 aliphatic rings. The minimum absolute atomic E-state index is 0.237. The van der Waals surface area contributed by atoms with E-state index in [1.165, 1.54) is 4.90 Å². The minimum Gasteiger partial charge on any atom is -0.366 e. The molecule has 2 aromatic carbocycles. The summed E-state index contributed by atoms with van der Waals surface area (Å²) in [5.74, 6) is -0.0181. The van der Waals surface area contributed by atoms with E-state index in [1.54, 1.807) is 12.1 Å². The molecule has 1 unspecified atom stereocenters. The first-order valence-electron chi connectivity index (χ1n) is 10.1. The van der Waals surface area contributed by atoms with Gasteiger partial charge in [0.1, 0.15) is 5.70 Å². The highest BCUT2D eigenvalue weighted by molar-refractivity contribution is 6.45. The van der Waals surface area contributed by atoms with E-state index < -0.39 is 0 Å². The molecule has 2 heterocycles. The van der Waals surface area contributed by atoms with Gasteiger partial charge in [-0.15, -0.1) is 0 Å². The molecule has 0 saturated carbocycles. The summed E-state index contributed by atoms with van der Waals surface area (Å²) < 4.78 is 0. The molecule has 0 aliphatic carbocycles. The van der Waals surface area contributed by atoms with Crippen LogP contribution in [0, 0.1) is 19.8 Å². The van der Waals surface area contributed by atoms with Crippen molar-refractivity contribution in [3.8, 4) is 0 Å². The molecular formula is C24H25ClN2O2.